The fourth-order valence-corrected chi connectivity index (χ4v) is 3.93. The van der Waals surface area contributed by atoms with Crippen LogP contribution in [-0.2, 0) is 14.3 Å². The fourth-order valence-electron chi connectivity index (χ4n) is 3.93. The predicted molar refractivity (Wildman–Crippen MR) is 144 cm³/mol. The van der Waals surface area contributed by atoms with Crippen molar-refractivity contribution >= 4 is 28.7 Å². The number of aromatic amines is 1. The molecule has 0 radical (unpaired) electrons. The molecule has 0 saturated heterocycles. The number of aromatic nitrogens is 2. The van der Waals surface area contributed by atoms with Gasteiger partial charge in [-0.25, -0.2) is 9.78 Å². The van der Waals surface area contributed by atoms with Crippen molar-refractivity contribution in [1.82, 2.24) is 9.97 Å². The maximum atomic E-state index is 12.3. The molecule has 2 aromatic heterocycles. The Balaban J connectivity index is 0.000000559. The third-order valence-electron chi connectivity index (χ3n) is 5.74. The number of nitrogens with one attached hydrogen (secondary N) is 2. The van der Waals surface area contributed by atoms with Crippen molar-refractivity contribution in [2.24, 2.45) is 0 Å². The van der Waals surface area contributed by atoms with Crippen molar-refractivity contribution < 1.29 is 37.3 Å². The average Bonchev–Trinajstić information content (AvgIpc) is 3.35. The van der Waals surface area contributed by atoms with Crippen molar-refractivity contribution in [2.45, 2.75) is 31.9 Å². The quantitative estimate of drug-likeness (QED) is 0.149. The number of nitrogens with zero attached hydrogens (tertiary/aromatic N) is 1. The number of halogens is 3. The highest BCUT2D eigenvalue weighted by Crippen LogP contribution is 2.35. The number of fused-ring (bicyclic) bond motifs is 1. The lowest BCUT2D eigenvalue weighted by Crippen LogP contribution is -2.21. The van der Waals surface area contributed by atoms with Crippen LogP contribution in [0.15, 0.2) is 79.1 Å². The number of carboxylic acid groups (broad SMARTS) is 1. The molecule has 0 aliphatic carbocycles. The molecule has 0 amide bonds. The van der Waals surface area contributed by atoms with Gasteiger partial charge in [-0.15, -0.1) is 0 Å². The Morgan fingerprint density at radius 1 is 1.07 bits per heavy atom. The zero-order valence-electron chi connectivity index (χ0n) is 21.8. The molecule has 4 aromatic rings. The van der Waals surface area contributed by atoms with Gasteiger partial charge < -0.3 is 24.9 Å². The highest BCUT2D eigenvalue weighted by atomic mass is 19.4. The largest absolute Gasteiger partial charge is 0.493 e. The lowest BCUT2D eigenvalue weighted by atomic mass is 9.88. The predicted octanol–water partition coefficient (Wildman–Crippen LogP) is 6.16. The van der Waals surface area contributed by atoms with Gasteiger partial charge in [-0.3, -0.25) is 4.79 Å². The van der Waals surface area contributed by atoms with Crippen LogP contribution < -0.4 is 10.1 Å². The number of hydrogen-bond donors (Lipinski definition) is 3. The van der Waals surface area contributed by atoms with Crippen molar-refractivity contribution in [1.29, 1.82) is 0 Å². The van der Waals surface area contributed by atoms with Crippen LogP contribution in [0.3, 0.4) is 0 Å². The Morgan fingerprint density at radius 2 is 1.80 bits per heavy atom. The van der Waals surface area contributed by atoms with E-state index in [9.17, 15) is 18.0 Å². The average molecular weight is 558 g/mol. The van der Waals surface area contributed by atoms with E-state index in [1.165, 1.54) is 0 Å². The van der Waals surface area contributed by atoms with Crippen molar-refractivity contribution in [3.05, 3.63) is 90.3 Å². The maximum absolute atomic E-state index is 12.3. The molecule has 2 aromatic carbocycles. The summed E-state index contributed by atoms with van der Waals surface area (Å²) in [4.78, 5) is 28.8. The molecule has 40 heavy (non-hydrogen) atoms. The first-order valence-electron chi connectivity index (χ1n) is 12.6. The Hall–Kier alpha value is -4.54. The summed E-state index contributed by atoms with van der Waals surface area (Å²) >= 11 is 0. The molecule has 2 heterocycles. The summed E-state index contributed by atoms with van der Waals surface area (Å²) in [5.41, 5.74) is 3.15. The van der Waals surface area contributed by atoms with E-state index < -0.39 is 12.1 Å². The second-order valence-electron chi connectivity index (χ2n) is 8.57. The normalized spacial score (nSPS) is 11.7. The molecule has 0 spiro atoms. The highest BCUT2D eigenvalue weighted by molar-refractivity contribution is 5.86. The second-order valence-corrected chi connectivity index (χ2v) is 8.57. The van der Waals surface area contributed by atoms with Crippen LogP contribution in [0.4, 0.5) is 19.0 Å². The Labute approximate surface area is 229 Å². The van der Waals surface area contributed by atoms with E-state index in [1.807, 2.05) is 61.7 Å². The van der Waals surface area contributed by atoms with E-state index in [0.29, 0.717) is 19.6 Å². The maximum Gasteiger partial charge on any atom is 0.490 e. The molecule has 0 fully saturated rings. The number of esters is 1. The molecule has 0 aliphatic heterocycles. The van der Waals surface area contributed by atoms with Gasteiger partial charge in [0.05, 0.1) is 19.6 Å². The van der Waals surface area contributed by atoms with E-state index in [-0.39, 0.29) is 11.9 Å². The summed E-state index contributed by atoms with van der Waals surface area (Å²) in [5, 5.41) is 11.5. The van der Waals surface area contributed by atoms with Gasteiger partial charge in [-0.05, 0) is 48.7 Å². The number of ether oxygens (including phenoxy) is 2. The van der Waals surface area contributed by atoms with Crippen LogP contribution in [0, 0.1) is 0 Å². The number of aliphatic carboxylic acids is 1. The van der Waals surface area contributed by atoms with Gasteiger partial charge in [0, 0.05) is 41.8 Å². The SMILES string of the molecule is CCOC(=O)CC(c1ccccc1)c1c[nH]c2cc(OCCCNc3ccccn3)ccc12.O=C(O)C(F)(F)F. The number of H-pyrrole nitrogens is 1. The zero-order chi connectivity index (χ0) is 29.0. The van der Waals surface area contributed by atoms with E-state index in [2.05, 4.69) is 33.5 Å². The van der Waals surface area contributed by atoms with Crippen LogP contribution >= 0.6 is 0 Å². The van der Waals surface area contributed by atoms with Gasteiger partial charge >= 0.3 is 18.1 Å². The van der Waals surface area contributed by atoms with Crippen LogP contribution in [-0.4, -0.2) is 52.9 Å². The molecule has 8 nitrogen and oxygen atoms in total. The van der Waals surface area contributed by atoms with Crippen LogP contribution in [0.2, 0.25) is 0 Å². The summed E-state index contributed by atoms with van der Waals surface area (Å²) in [6.07, 6.45) is -0.164. The molecular weight excluding hydrogens is 527 g/mol. The number of pyridine rings is 1. The molecule has 1 atom stereocenters. The van der Waals surface area contributed by atoms with Crippen LogP contribution in [0.25, 0.3) is 10.9 Å². The molecule has 0 bridgehead atoms. The summed E-state index contributed by atoms with van der Waals surface area (Å²) in [6, 6.07) is 21.9. The standard InChI is InChI=1S/C27H29N3O3.C2HF3O2/c1-2-32-27(31)18-23(20-9-4-3-5-10-20)24-19-30-25-17-21(12-13-22(24)25)33-16-8-15-29-26-11-6-7-14-28-26;3-2(4,5)1(6)7/h3-7,9-14,17,19,23,30H,2,8,15-16,18H2,1H3,(H,28,29);(H,6,7). The third kappa shape index (κ3) is 9.04. The van der Waals surface area contributed by atoms with Gasteiger partial charge in [0.25, 0.3) is 0 Å². The summed E-state index contributed by atoms with van der Waals surface area (Å²) < 4.78 is 42.9. The minimum atomic E-state index is -5.08. The number of carboxylic acids is 1. The molecule has 0 saturated carbocycles. The van der Waals surface area contributed by atoms with Gasteiger partial charge in [0.1, 0.15) is 11.6 Å². The van der Waals surface area contributed by atoms with E-state index >= 15 is 0 Å². The van der Waals surface area contributed by atoms with Gasteiger partial charge in [-0.1, -0.05) is 36.4 Å². The summed E-state index contributed by atoms with van der Waals surface area (Å²) in [6.45, 7) is 3.61. The number of carbonyl (C=O) groups is 2. The summed E-state index contributed by atoms with van der Waals surface area (Å²) in [7, 11) is 0. The minimum absolute atomic E-state index is 0.0801. The Morgan fingerprint density at radius 3 is 2.45 bits per heavy atom. The molecule has 212 valence electrons. The lowest BCUT2D eigenvalue weighted by molar-refractivity contribution is -0.192. The lowest BCUT2D eigenvalue weighted by Gasteiger charge is -2.16. The fraction of sp³-hybridized carbons (Fsp3) is 0.276. The Bertz CT molecular complexity index is 1360. The van der Waals surface area contributed by atoms with Crippen molar-refractivity contribution in [3.8, 4) is 5.75 Å². The van der Waals surface area contributed by atoms with Gasteiger partial charge in [-0.2, -0.15) is 13.2 Å². The van der Waals surface area contributed by atoms with Gasteiger partial charge in [0.2, 0.25) is 0 Å². The van der Waals surface area contributed by atoms with Crippen LogP contribution in [0.5, 0.6) is 5.75 Å². The number of carbonyl (C=O) groups excluding carboxylic acids is 1. The van der Waals surface area contributed by atoms with E-state index in [0.717, 1.165) is 46.6 Å². The highest BCUT2D eigenvalue weighted by Gasteiger charge is 2.38. The topological polar surface area (TPSA) is 114 Å². The third-order valence-corrected chi connectivity index (χ3v) is 5.74. The number of hydrogen-bond acceptors (Lipinski definition) is 6. The first-order chi connectivity index (χ1) is 19.2. The first kappa shape index (κ1) is 30.0. The monoisotopic (exact) mass is 557 g/mol. The molecule has 11 heteroatoms. The summed E-state index contributed by atoms with van der Waals surface area (Å²) in [5.74, 6) is -1.35. The number of anilines is 1. The first-order valence-corrected chi connectivity index (χ1v) is 12.6. The zero-order valence-corrected chi connectivity index (χ0v) is 21.8. The minimum Gasteiger partial charge on any atom is -0.493 e. The molecule has 3 N–H and O–H groups in total. The number of benzene rings is 2. The molecular formula is C29H30F3N3O5. The van der Waals surface area contributed by atoms with E-state index in [1.54, 1.807) is 6.20 Å². The molecule has 4 rings (SSSR count). The molecule has 0 aliphatic rings. The smallest absolute Gasteiger partial charge is 0.490 e. The van der Waals surface area contributed by atoms with Crippen molar-refractivity contribution in [2.75, 3.05) is 25.1 Å². The van der Waals surface area contributed by atoms with Gasteiger partial charge in [0.15, 0.2) is 0 Å². The van der Waals surface area contributed by atoms with Crippen LogP contribution in [0.1, 0.15) is 36.8 Å². The van der Waals surface area contributed by atoms with Crippen molar-refractivity contribution in [3.63, 3.8) is 0 Å². The second kappa shape index (κ2) is 14.6. The van der Waals surface area contributed by atoms with E-state index in [4.69, 9.17) is 19.4 Å². The number of rotatable bonds is 11. The number of alkyl halides is 3. The molecule has 1 unspecified atom stereocenters. The Kier molecular flexibility index (Phi) is 10.9.